The molecule has 0 aliphatic rings. The number of nitrogens with zero attached hydrogens (tertiary/aromatic N) is 3. The van der Waals surface area contributed by atoms with Crippen molar-refractivity contribution in [3.05, 3.63) is 40.4 Å². The normalized spacial score (nSPS) is 11.4. The summed E-state index contributed by atoms with van der Waals surface area (Å²) in [5.74, 6) is 0.0134. The number of halogens is 1. The molecule has 2 radical (unpaired) electrons. The Balaban J connectivity index is 1.97. The molecule has 0 saturated heterocycles. The molecule has 0 aliphatic heterocycles. The minimum absolute atomic E-state index is 0.0134. The van der Waals surface area contributed by atoms with Gasteiger partial charge in [0.15, 0.2) is 0 Å². The molecule has 96 valence electrons. The van der Waals surface area contributed by atoms with E-state index in [1.165, 1.54) is 0 Å². The molecular formula is C13H8BBrN4O. The molecule has 20 heavy (non-hydrogen) atoms. The lowest BCUT2D eigenvalue weighted by atomic mass is 9.93. The van der Waals surface area contributed by atoms with Crippen molar-refractivity contribution >= 4 is 52.2 Å². The van der Waals surface area contributed by atoms with Gasteiger partial charge in [0.25, 0.3) is 0 Å². The number of fused-ring (bicyclic) bond motifs is 1. The number of aromatic amines is 1. The van der Waals surface area contributed by atoms with Gasteiger partial charge in [0.2, 0.25) is 0 Å². The third-order valence-electron chi connectivity index (χ3n) is 2.79. The molecule has 0 bridgehead atoms. The van der Waals surface area contributed by atoms with Crippen molar-refractivity contribution in [1.82, 2.24) is 15.4 Å². The number of benzene rings is 2. The van der Waals surface area contributed by atoms with E-state index in [1.54, 1.807) is 24.4 Å². The molecule has 0 saturated carbocycles. The third-order valence-corrected chi connectivity index (χ3v) is 3.24. The third kappa shape index (κ3) is 2.44. The molecule has 0 amide bonds. The largest absolute Gasteiger partial charge is 0.508 e. The van der Waals surface area contributed by atoms with Crippen LogP contribution in [-0.2, 0) is 0 Å². The summed E-state index contributed by atoms with van der Waals surface area (Å²) in [7, 11) is 5.69. The zero-order valence-electron chi connectivity index (χ0n) is 10.2. The fourth-order valence-corrected chi connectivity index (χ4v) is 2.29. The zero-order valence-corrected chi connectivity index (χ0v) is 11.8. The van der Waals surface area contributed by atoms with Crippen LogP contribution in [0.15, 0.2) is 39.8 Å². The lowest BCUT2D eigenvalue weighted by molar-refractivity contribution is 0.478. The Morgan fingerprint density at radius 3 is 2.85 bits per heavy atom. The van der Waals surface area contributed by atoms with Gasteiger partial charge in [0, 0.05) is 16.3 Å². The summed E-state index contributed by atoms with van der Waals surface area (Å²) < 4.78 is 0.779. The van der Waals surface area contributed by atoms with Crippen molar-refractivity contribution in [3.8, 4) is 5.75 Å². The molecule has 0 unspecified atom stereocenters. The van der Waals surface area contributed by atoms with Gasteiger partial charge < -0.3 is 5.11 Å². The fourth-order valence-electron chi connectivity index (χ4n) is 1.79. The maximum atomic E-state index is 9.87. The molecule has 0 spiro atoms. The monoisotopic (exact) mass is 326 g/mol. The van der Waals surface area contributed by atoms with Crippen LogP contribution in [0.5, 0.6) is 5.75 Å². The highest BCUT2D eigenvalue weighted by molar-refractivity contribution is 9.10. The van der Waals surface area contributed by atoms with Gasteiger partial charge in [-0.2, -0.15) is 15.4 Å². The number of phenolic OH excluding ortho intramolecular Hbond substituents is 1. The summed E-state index contributed by atoms with van der Waals surface area (Å²) in [6.07, 6.45) is 1.55. The van der Waals surface area contributed by atoms with Gasteiger partial charge >= 0.3 is 0 Å². The van der Waals surface area contributed by atoms with Crippen molar-refractivity contribution in [1.29, 1.82) is 0 Å². The first kappa shape index (κ1) is 12.9. The summed E-state index contributed by atoms with van der Waals surface area (Å²) >= 11 is 3.33. The van der Waals surface area contributed by atoms with Crippen LogP contribution in [-0.4, -0.2) is 34.6 Å². The standard InChI is InChI=1S/C13H8BBrN4O/c14-10-4-8(15)3-7(13(10)20)6-16-9-1-2-11-12(5-9)18-19-17-11/h1-6,20H,(H,17,18,19). The molecular weight excluding hydrogens is 319 g/mol. The Kier molecular flexibility index (Phi) is 3.27. The molecule has 7 heteroatoms. The smallest absolute Gasteiger partial charge is 0.119 e. The predicted molar refractivity (Wildman–Crippen MR) is 82.3 cm³/mol. The lowest BCUT2D eigenvalue weighted by Crippen LogP contribution is -2.05. The Labute approximate surface area is 124 Å². The second-order valence-corrected chi connectivity index (χ2v) is 5.10. The average molecular weight is 327 g/mol. The fraction of sp³-hybridized carbons (Fsp3) is 0. The first-order valence-corrected chi connectivity index (χ1v) is 6.55. The highest BCUT2D eigenvalue weighted by Crippen LogP contribution is 2.21. The summed E-state index contributed by atoms with van der Waals surface area (Å²) in [6, 6.07) is 8.81. The van der Waals surface area contributed by atoms with Gasteiger partial charge in [-0.25, -0.2) is 0 Å². The second-order valence-electron chi connectivity index (χ2n) is 4.19. The minimum Gasteiger partial charge on any atom is -0.508 e. The molecule has 1 aromatic heterocycles. The number of phenols is 1. The number of aromatic hydroxyl groups is 1. The van der Waals surface area contributed by atoms with Gasteiger partial charge in [-0.05, 0) is 24.3 Å². The number of hydrogen-bond donors (Lipinski definition) is 2. The van der Waals surface area contributed by atoms with E-state index in [0.717, 1.165) is 15.5 Å². The Bertz CT molecular complexity index is 815. The Hall–Kier alpha value is -2.15. The molecule has 1 heterocycles. The van der Waals surface area contributed by atoms with Crippen LogP contribution >= 0.6 is 15.9 Å². The van der Waals surface area contributed by atoms with E-state index in [0.29, 0.717) is 16.7 Å². The van der Waals surface area contributed by atoms with Crippen molar-refractivity contribution < 1.29 is 5.11 Å². The average Bonchev–Trinajstić information content (AvgIpc) is 2.88. The van der Waals surface area contributed by atoms with Crippen molar-refractivity contribution in [2.75, 3.05) is 0 Å². The van der Waals surface area contributed by atoms with E-state index in [4.69, 9.17) is 7.85 Å². The zero-order chi connectivity index (χ0) is 14.1. The van der Waals surface area contributed by atoms with Crippen molar-refractivity contribution in [3.63, 3.8) is 0 Å². The van der Waals surface area contributed by atoms with E-state index < -0.39 is 0 Å². The quantitative estimate of drug-likeness (QED) is 0.558. The number of aliphatic imine (C=N–C) groups is 1. The number of nitrogens with one attached hydrogen (secondary N) is 1. The van der Waals surface area contributed by atoms with Crippen LogP contribution in [0.1, 0.15) is 5.56 Å². The predicted octanol–water partition coefficient (Wildman–Crippen LogP) is 1.97. The van der Waals surface area contributed by atoms with E-state index in [-0.39, 0.29) is 5.75 Å². The first-order chi connectivity index (χ1) is 9.63. The first-order valence-electron chi connectivity index (χ1n) is 5.76. The number of hydrogen-bond acceptors (Lipinski definition) is 4. The summed E-state index contributed by atoms with van der Waals surface area (Å²) in [6.45, 7) is 0. The number of aromatic nitrogens is 3. The summed E-state index contributed by atoms with van der Waals surface area (Å²) in [4.78, 5) is 4.31. The van der Waals surface area contributed by atoms with Crippen LogP contribution in [0.3, 0.4) is 0 Å². The topological polar surface area (TPSA) is 74.2 Å². The van der Waals surface area contributed by atoms with Gasteiger partial charge in [0.05, 0.1) is 5.69 Å². The maximum absolute atomic E-state index is 9.87. The lowest BCUT2D eigenvalue weighted by Gasteiger charge is -2.04. The van der Waals surface area contributed by atoms with Crippen molar-refractivity contribution in [2.24, 2.45) is 4.99 Å². The molecule has 0 atom stereocenters. The SMILES string of the molecule is [B]c1cc(Br)cc(C=Nc2ccc3n[nH]nc3c2)c1O. The van der Waals surface area contributed by atoms with Gasteiger partial charge in [-0.1, -0.05) is 27.5 Å². The Morgan fingerprint density at radius 1 is 1.20 bits per heavy atom. The van der Waals surface area contributed by atoms with E-state index in [2.05, 4.69) is 36.3 Å². The molecule has 0 fully saturated rings. The molecule has 2 N–H and O–H groups in total. The minimum atomic E-state index is 0.0134. The molecule has 3 aromatic rings. The summed E-state index contributed by atoms with van der Waals surface area (Å²) in [5, 5.41) is 20.4. The van der Waals surface area contributed by atoms with E-state index >= 15 is 0 Å². The molecule has 2 aromatic carbocycles. The van der Waals surface area contributed by atoms with Gasteiger partial charge in [0.1, 0.15) is 24.6 Å². The van der Waals surface area contributed by atoms with Gasteiger partial charge in [-0.3, -0.25) is 4.99 Å². The number of rotatable bonds is 2. The van der Waals surface area contributed by atoms with Crippen LogP contribution in [0.25, 0.3) is 11.0 Å². The van der Waals surface area contributed by atoms with Crippen LogP contribution in [0.4, 0.5) is 5.69 Å². The molecule has 5 nitrogen and oxygen atoms in total. The number of H-pyrrole nitrogens is 1. The maximum Gasteiger partial charge on any atom is 0.119 e. The highest BCUT2D eigenvalue weighted by Gasteiger charge is 2.04. The second kappa shape index (κ2) is 5.09. The van der Waals surface area contributed by atoms with Crippen LogP contribution in [0.2, 0.25) is 0 Å². The van der Waals surface area contributed by atoms with E-state index in [1.807, 2.05) is 12.1 Å². The van der Waals surface area contributed by atoms with Crippen LogP contribution < -0.4 is 5.46 Å². The highest BCUT2D eigenvalue weighted by atomic mass is 79.9. The van der Waals surface area contributed by atoms with Crippen LogP contribution in [0, 0.1) is 0 Å². The molecule has 0 aliphatic carbocycles. The van der Waals surface area contributed by atoms with Gasteiger partial charge in [-0.15, -0.1) is 0 Å². The molecule has 3 rings (SSSR count). The summed E-state index contributed by atoms with van der Waals surface area (Å²) in [5.41, 5.74) is 3.06. The van der Waals surface area contributed by atoms with Crippen molar-refractivity contribution in [2.45, 2.75) is 0 Å². The Morgan fingerprint density at radius 2 is 2.00 bits per heavy atom. The van der Waals surface area contributed by atoms with E-state index in [9.17, 15) is 5.11 Å².